The van der Waals surface area contributed by atoms with E-state index in [1.54, 1.807) is 0 Å². The van der Waals surface area contributed by atoms with Crippen LogP contribution in [-0.4, -0.2) is 35.7 Å². The van der Waals surface area contributed by atoms with Crippen molar-refractivity contribution in [2.45, 2.75) is 154 Å². The van der Waals surface area contributed by atoms with Crippen LogP contribution in [0.3, 0.4) is 0 Å². The first-order valence-corrected chi connectivity index (χ1v) is 16.9. The zero-order valence-electron chi connectivity index (χ0n) is 24.7. The van der Waals surface area contributed by atoms with Crippen molar-refractivity contribution in [3.05, 3.63) is 0 Å². The Morgan fingerprint density at radius 2 is 1.08 bits per heavy atom. The molecule has 4 nitrogen and oxygen atoms in total. The molecule has 4 heteroatoms. The number of carbonyl (C=O) groups excluding carboxylic acids is 2. The van der Waals surface area contributed by atoms with Crippen molar-refractivity contribution in [1.82, 2.24) is 10.6 Å². The molecule has 9 atom stereocenters. The normalized spacial score (nSPS) is 46.1. The molecule has 0 amide bonds. The summed E-state index contributed by atoms with van der Waals surface area (Å²) in [6.45, 7) is 7.15. The molecule has 0 aromatic rings. The number of ketones is 2. The Kier molecular flexibility index (Phi) is 8.13. The van der Waals surface area contributed by atoms with Crippen molar-refractivity contribution in [3.8, 4) is 0 Å². The lowest BCUT2D eigenvalue weighted by Crippen LogP contribution is -2.63. The molecule has 2 N–H and O–H groups in total. The van der Waals surface area contributed by atoms with Crippen LogP contribution in [0.5, 0.6) is 0 Å². The van der Waals surface area contributed by atoms with Gasteiger partial charge in [0.15, 0.2) is 0 Å². The van der Waals surface area contributed by atoms with Crippen LogP contribution >= 0.6 is 0 Å². The van der Waals surface area contributed by atoms with Crippen molar-refractivity contribution in [2.75, 3.05) is 0 Å². The first kappa shape index (κ1) is 27.4. The minimum absolute atomic E-state index is 0.0277. The summed E-state index contributed by atoms with van der Waals surface area (Å²) >= 11 is 0. The number of fused-ring (bicyclic) bond motifs is 3. The summed E-state index contributed by atoms with van der Waals surface area (Å²) in [5.41, 5.74) is 0.392. The fraction of sp³-hybridized carbons (Fsp3) is 0.941. The van der Waals surface area contributed by atoms with Crippen LogP contribution in [0.2, 0.25) is 0 Å². The Morgan fingerprint density at radius 1 is 0.553 bits per heavy atom. The van der Waals surface area contributed by atoms with Gasteiger partial charge in [0.05, 0.1) is 0 Å². The van der Waals surface area contributed by atoms with Gasteiger partial charge in [-0.1, -0.05) is 59.3 Å². The lowest BCUT2D eigenvalue weighted by Gasteiger charge is -2.51. The van der Waals surface area contributed by atoms with E-state index in [-0.39, 0.29) is 35.8 Å². The number of hydrogen-bond donors (Lipinski definition) is 2. The van der Waals surface area contributed by atoms with E-state index in [2.05, 4.69) is 31.4 Å². The fourth-order valence-corrected chi connectivity index (χ4v) is 10.5. The highest BCUT2D eigenvalue weighted by molar-refractivity contribution is 6.00. The molecule has 0 heterocycles. The number of rotatable bonds is 4. The summed E-state index contributed by atoms with van der Waals surface area (Å²) in [5, 5.41) is 8.03. The number of Topliss-reactive ketones (excluding diaryl/α,β-unsaturated/α-hetero) is 2. The van der Waals surface area contributed by atoms with Crippen LogP contribution in [0.1, 0.15) is 130 Å². The molecule has 0 aliphatic heterocycles. The van der Waals surface area contributed by atoms with Crippen molar-refractivity contribution >= 4 is 11.6 Å². The first-order chi connectivity index (χ1) is 18.3. The van der Waals surface area contributed by atoms with E-state index in [1.165, 1.54) is 70.6 Å². The molecule has 0 radical (unpaired) electrons. The van der Waals surface area contributed by atoms with Gasteiger partial charge in [-0.15, -0.1) is 0 Å². The molecule has 6 aliphatic rings. The number of nitrogens with one attached hydrogen (secondary N) is 2. The van der Waals surface area contributed by atoms with Crippen LogP contribution in [-0.2, 0) is 9.59 Å². The summed E-state index contributed by atoms with van der Waals surface area (Å²) in [6.07, 6.45) is 20.9. The van der Waals surface area contributed by atoms with E-state index in [1.807, 2.05) is 0 Å². The first-order valence-electron chi connectivity index (χ1n) is 16.9. The smallest absolute Gasteiger partial charge is 0.142 e. The molecule has 214 valence electrons. The maximum absolute atomic E-state index is 14.2. The maximum atomic E-state index is 14.2. The SMILES string of the molecule is CC(C)(C)C1CCC(NC2CCCC3C(=O)C4C(NC5CCC6CCCCC6C5)CCCC4C(=O)C23)CC1. The average Bonchev–Trinajstić information content (AvgIpc) is 2.91. The van der Waals surface area contributed by atoms with Gasteiger partial charge in [0.2, 0.25) is 0 Å². The molecule has 0 spiro atoms. The second-order valence-corrected chi connectivity index (χ2v) is 15.7. The predicted octanol–water partition coefficient (Wildman–Crippen LogP) is 6.85. The largest absolute Gasteiger partial charge is 0.310 e. The molecule has 6 fully saturated rings. The van der Waals surface area contributed by atoms with Gasteiger partial charge in [0.1, 0.15) is 11.6 Å². The minimum atomic E-state index is -0.0609. The molecule has 0 bridgehead atoms. The second kappa shape index (κ2) is 11.3. The predicted molar refractivity (Wildman–Crippen MR) is 154 cm³/mol. The highest BCUT2D eigenvalue weighted by Gasteiger charge is 2.56. The average molecular weight is 525 g/mol. The molecule has 6 aliphatic carbocycles. The van der Waals surface area contributed by atoms with Gasteiger partial charge in [-0.25, -0.2) is 0 Å². The zero-order valence-corrected chi connectivity index (χ0v) is 24.7. The summed E-state index contributed by atoms with van der Waals surface area (Å²) in [6, 6.07) is 1.53. The van der Waals surface area contributed by atoms with Crippen molar-refractivity contribution in [1.29, 1.82) is 0 Å². The van der Waals surface area contributed by atoms with E-state index < -0.39 is 0 Å². The van der Waals surface area contributed by atoms with Gasteiger partial charge in [0, 0.05) is 47.8 Å². The minimum Gasteiger partial charge on any atom is -0.310 e. The Hall–Kier alpha value is -0.740. The zero-order chi connectivity index (χ0) is 26.4. The summed E-state index contributed by atoms with van der Waals surface area (Å²) in [7, 11) is 0. The maximum Gasteiger partial charge on any atom is 0.142 e. The lowest BCUT2D eigenvalue weighted by atomic mass is 9.56. The molecular weight excluding hydrogens is 468 g/mol. The van der Waals surface area contributed by atoms with Crippen LogP contribution in [0.4, 0.5) is 0 Å². The molecule has 38 heavy (non-hydrogen) atoms. The Labute approximate surface area is 232 Å². The van der Waals surface area contributed by atoms with Crippen LogP contribution in [0, 0.1) is 46.8 Å². The molecule has 6 rings (SSSR count). The van der Waals surface area contributed by atoms with E-state index in [9.17, 15) is 9.59 Å². The third-order valence-electron chi connectivity index (χ3n) is 12.6. The van der Waals surface area contributed by atoms with Crippen molar-refractivity contribution in [3.63, 3.8) is 0 Å². The molecular formula is C34H56N2O2. The third kappa shape index (κ3) is 5.44. The quantitative estimate of drug-likeness (QED) is 0.422. The monoisotopic (exact) mass is 524 g/mol. The lowest BCUT2D eigenvalue weighted by molar-refractivity contribution is -0.154. The van der Waals surface area contributed by atoms with E-state index >= 15 is 0 Å². The number of carbonyl (C=O) groups is 2. The molecule has 0 aromatic carbocycles. The highest BCUT2D eigenvalue weighted by atomic mass is 16.1. The summed E-state index contributed by atoms with van der Waals surface area (Å²) in [5.74, 6) is 3.40. The number of hydrogen-bond acceptors (Lipinski definition) is 4. The van der Waals surface area contributed by atoms with Crippen LogP contribution in [0.25, 0.3) is 0 Å². The van der Waals surface area contributed by atoms with Gasteiger partial charge in [-0.2, -0.15) is 0 Å². The van der Waals surface area contributed by atoms with Crippen molar-refractivity contribution in [2.24, 2.45) is 46.8 Å². The molecule has 0 saturated heterocycles. The molecule has 0 aromatic heterocycles. The second-order valence-electron chi connectivity index (χ2n) is 15.7. The van der Waals surface area contributed by atoms with E-state index in [0.29, 0.717) is 29.1 Å². The summed E-state index contributed by atoms with van der Waals surface area (Å²) in [4.78, 5) is 28.4. The fourth-order valence-electron chi connectivity index (χ4n) is 10.5. The molecule has 6 saturated carbocycles. The summed E-state index contributed by atoms with van der Waals surface area (Å²) < 4.78 is 0. The Balaban J connectivity index is 1.11. The van der Waals surface area contributed by atoms with E-state index in [0.717, 1.165) is 56.3 Å². The van der Waals surface area contributed by atoms with Crippen LogP contribution in [0.15, 0.2) is 0 Å². The van der Waals surface area contributed by atoms with E-state index in [4.69, 9.17) is 0 Å². The van der Waals surface area contributed by atoms with Crippen LogP contribution < -0.4 is 10.6 Å². The van der Waals surface area contributed by atoms with Gasteiger partial charge in [-0.05, 0) is 93.8 Å². The van der Waals surface area contributed by atoms with Gasteiger partial charge >= 0.3 is 0 Å². The van der Waals surface area contributed by atoms with Gasteiger partial charge in [-0.3, -0.25) is 9.59 Å². The Morgan fingerprint density at radius 3 is 1.66 bits per heavy atom. The third-order valence-corrected chi connectivity index (χ3v) is 12.6. The molecule has 9 unspecified atom stereocenters. The highest BCUT2D eigenvalue weighted by Crippen LogP contribution is 2.48. The topological polar surface area (TPSA) is 58.2 Å². The standard InChI is InChI=1S/C34H56N2O2/c1-34(2,3)23-15-18-24(19-16-23)35-28-12-6-10-26-30(28)32(37)27-11-7-13-29(31(27)33(26)38)36-25-17-14-21-8-4-5-9-22(21)20-25/h21-31,35-36H,4-20H2,1-3H3. The Bertz CT molecular complexity index is 855. The van der Waals surface area contributed by atoms with Gasteiger partial charge in [0.25, 0.3) is 0 Å². The van der Waals surface area contributed by atoms with Gasteiger partial charge < -0.3 is 10.6 Å². The van der Waals surface area contributed by atoms with Crippen molar-refractivity contribution < 1.29 is 9.59 Å².